The number of anilines is 1. The van der Waals surface area contributed by atoms with Crippen LogP contribution in [-0.2, 0) is 14.4 Å². The van der Waals surface area contributed by atoms with Gasteiger partial charge in [-0.15, -0.1) is 11.6 Å². The van der Waals surface area contributed by atoms with Crippen LogP contribution in [0.25, 0.3) is 0 Å². The molecule has 0 bridgehead atoms. The lowest BCUT2D eigenvalue weighted by molar-refractivity contribution is -0.136. The van der Waals surface area contributed by atoms with Gasteiger partial charge in [0.05, 0.1) is 20.2 Å². The third-order valence-electron chi connectivity index (χ3n) is 3.74. The highest BCUT2D eigenvalue weighted by molar-refractivity contribution is 6.30. The van der Waals surface area contributed by atoms with Gasteiger partial charge in [0.15, 0.2) is 0 Å². The Kier molecular flexibility index (Phi) is 6.64. The van der Waals surface area contributed by atoms with Crippen LogP contribution in [0.3, 0.4) is 0 Å². The van der Waals surface area contributed by atoms with E-state index in [-0.39, 0.29) is 36.9 Å². The number of rotatable bonds is 8. The van der Waals surface area contributed by atoms with E-state index in [0.29, 0.717) is 11.4 Å². The number of hydrogen-bond donors (Lipinski definition) is 2. The van der Waals surface area contributed by atoms with E-state index in [1.807, 2.05) is 0 Å². The third kappa shape index (κ3) is 5.94. The van der Waals surface area contributed by atoms with Crippen molar-refractivity contribution >= 4 is 35.0 Å². The first kappa shape index (κ1) is 19.1. The number of carbonyl (C=O) groups is 3. The van der Waals surface area contributed by atoms with Gasteiger partial charge in [-0.25, -0.2) is 0 Å². The Balaban J connectivity index is 1.78. The zero-order valence-electron chi connectivity index (χ0n) is 14.3. The van der Waals surface area contributed by atoms with Crippen LogP contribution < -0.4 is 15.4 Å². The van der Waals surface area contributed by atoms with Crippen LogP contribution in [0.2, 0.25) is 0 Å². The topological polar surface area (TPSA) is 87.7 Å². The van der Waals surface area contributed by atoms with Gasteiger partial charge >= 0.3 is 0 Å². The second kappa shape index (κ2) is 8.71. The fourth-order valence-electron chi connectivity index (χ4n) is 2.27. The molecule has 0 radical (unpaired) electrons. The molecule has 8 heteroatoms. The van der Waals surface area contributed by atoms with Crippen molar-refractivity contribution in [1.29, 1.82) is 0 Å². The quantitative estimate of drug-likeness (QED) is 0.679. The normalized spacial score (nSPS) is 14.4. The van der Waals surface area contributed by atoms with Crippen molar-refractivity contribution in [1.82, 2.24) is 10.2 Å². The number of halogens is 1. The average Bonchev–Trinajstić information content (AvgIpc) is 3.42. The molecule has 1 fully saturated rings. The van der Waals surface area contributed by atoms with Crippen LogP contribution in [0.1, 0.15) is 19.8 Å². The Bertz CT molecular complexity index is 629. The monoisotopic (exact) mass is 367 g/mol. The van der Waals surface area contributed by atoms with E-state index < -0.39 is 5.38 Å². The van der Waals surface area contributed by atoms with Crippen molar-refractivity contribution in [2.45, 2.75) is 31.2 Å². The number of nitrogens with one attached hydrogen (secondary N) is 2. The molecule has 0 saturated heterocycles. The maximum atomic E-state index is 12.0. The molecule has 3 amide bonds. The first-order valence-corrected chi connectivity index (χ1v) is 8.49. The molecule has 0 aromatic heterocycles. The SMILES string of the molecule is COc1ccc(NC(=O)CNC(=O)CN(C(=O)[C@@H](C)Cl)C2CC2)cc1. The highest BCUT2D eigenvalue weighted by Gasteiger charge is 2.35. The summed E-state index contributed by atoms with van der Waals surface area (Å²) in [6.07, 6.45) is 1.75. The van der Waals surface area contributed by atoms with Crippen LogP contribution in [-0.4, -0.2) is 54.2 Å². The van der Waals surface area contributed by atoms with Crippen LogP contribution in [0.5, 0.6) is 5.75 Å². The summed E-state index contributed by atoms with van der Waals surface area (Å²) in [6.45, 7) is 1.32. The second-order valence-corrected chi connectivity index (χ2v) is 6.52. The lowest BCUT2D eigenvalue weighted by atomic mass is 10.3. The Morgan fingerprint density at radius 2 is 1.88 bits per heavy atom. The summed E-state index contributed by atoms with van der Waals surface area (Å²) < 4.78 is 5.04. The van der Waals surface area contributed by atoms with Gasteiger partial charge in [0.2, 0.25) is 17.7 Å². The Morgan fingerprint density at radius 1 is 1.24 bits per heavy atom. The van der Waals surface area contributed by atoms with Gasteiger partial charge in [-0.05, 0) is 44.0 Å². The molecule has 1 aromatic rings. The first-order valence-electron chi connectivity index (χ1n) is 8.06. The highest BCUT2D eigenvalue weighted by atomic mass is 35.5. The molecular formula is C17H22ClN3O4. The molecule has 0 unspecified atom stereocenters. The minimum atomic E-state index is -0.674. The molecule has 1 atom stereocenters. The molecule has 0 spiro atoms. The van der Waals surface area contributed by atoms with Crippen molar-refractivity contribution in [3.8, 4) is 5.75 Å². The van der Waals surface area contributed by atoms with E-state index >= 15 is 0 Å². The summed E-state index contributed by atoms with van der Waals surface area (Å²) in [6, 6.07) is 6.93. The number of hydrogen-bond acceptors (Lipinski definition) is 4. The van der Waals surface area contributed by atoms with E-state index in [1.54, 1.807) is 38.3 Å². The van der Waals surface area contributed by atoms with Gasteiger partial charge in [-0.1, -0.05) is 0 Å². The molecule has 1 aromatic carbocycles. The van der Waals surface area contributed by atoms with E-state index in [2.05, 4.69) is 10.6 Å². The van der Waals surface area contributed by atoms with Crippen LogP contribution in [0, 0.1) is 0 Å². The van der Waals surface area contributed by atoms with Crippen molar-refractivity contribution < 1.29 is 19.1 Å². The Labute approximate surface area is 151 Å². The zero-order valence-corrected chi connectivity index (χ0v) is 15.0. The number of carbonyl (C=O) groups excluding carboxylic acids is 3. The number of ether oxygens (including phenoxy) is 1. The van der Waals surface area contributed by atoms with Crippen LogP contribution in [0.4, 0.5) is 5.69 Å². The largest absolute Gasteiger partial charge is 0.497 e. The Morgan fingerprint density at radius 3 is 2.40 bits per heavy atom. The fraction of sp³-hybridized carbons (Fsp3) is 0.471. The number of alkyl halides is 1. The number of nitrogens with zero attached hydrogens (tertiary/aromatic N) is 1. The summed E-state index contributed by atoms with van der Waals surface area (Å²) in [5.41, 5.74) is 0.603. The molecule has 136 valence electrons. The standard InChI is InChI=1S/C17H22ClN3O4/c1-11(18)17(24)21(13-5-6-13)10-16(23)19-9-15(22)20-12-3-7-14(25-2)8-4-12/h3-4,7-8,11,13H,5-6,9-10H2,1-2H3,(H,19,23)(H,20,22)/t11-/m1/s1. The molecule has 7 nitrogen and oxygen atoms in total. The molecule has 1 saturated carbocycles. The van der Waals surface area contributed by atoms with Gasteiger partial charge in [-0.2, -0.15) is 0 Å². The van der Waals surface area contributed by atoms with Gasteiger partial charge in [-0.3, -0.25) is 14.4 Å². The average molecular weight is 368 g/mol. The highest BCUT2D eigenvalue weighted by Crippen LogP contribution is 2.27. The van der Waals surface area contributed by atoms with E-state index in [1.165, 1.54) is 4.90 Å². The lowest BCUT2D eigenvalue weighted by Crippen LogP contribution is -2.45. The molecule has 1 aliphatic rings. The smallest absolute Gasteiger partial charge is 0.243 e. The summed E-state index contributed by atoms with van der Waals surface area (Å²) in [5.74, 6) is -0.317. The minimum Gasteiger partial charge on any atom is -0.497 e. The van der Waals surface area contributed by atoms with Crippen molar-refractivity contribution in [3.63, 3.8) is 0 Å². The summed E-state index contributed by atoms with van der Waals surface area (Å²) in [5, 5.41) is 4.51. The molecule has 1 aliphatic carbocycles. The van der Waals surface area contributed by atoms with E-state index in [4.69, 9.17) is 16.3 Å². The fourth-order valence-corrected chi connectivity index (χ4v) is 2.40. The maximum absolute atomic E-state index is 12.0. The second-order valence-electron chi connectivity index (χ2n) is 5.87. The number of benzene rings is 1. The molecular weight excluding hydrogens is 346 g/mol. The van der Waals surface area contributed by atoms with Crippen molar-refractivity contribution in [3.05, 3.63) is 24.3 Å². The lowest BCUT2D eigenvalue weighted by Gasteiger charge is -2.22. The zero-order chi connectivity index (χ0) is 18.4. The summed E-state index contributed by atoms with van der Waals surface area (Å²) >= 11 is 5.82. The molecule has 0 heterocycles. The van der Waals surface area contributed by atoms with Gasteiger partial charge in [0, 0.05) is 11.7 Å². The minimum absolute atomic E-state index is 0.0765. The summed E-state index contributed by atoms with van der Waals surface area (Å²) in [4.78, 5) is 37.4. The summed E-state index contributed by atoms with van der Waals surface area (Å²) in [7, 11) is 1.56. The van der Waals surface area contributed by atoms with E-state index in [0.717, 1.165) is 12.8 Å². The molecule has 25 heavy (non-hydrogen) atoms. The molecule has 0 aliphatic heterocycles. The van der Waals surface area contributed by atoms with E-state index in [9.17, 15) is 14.4 Å². The van der Waals surface area contributed by atoms with Crippen LogP contribution >= 0.6 is 11.6 Å². The van der Waals surface area contributed by atoms with Crippen LogP contribution in [0.15, 0.2) is 24.3 Å². The predicted octanol–water partition coefficient (Wildman–Crippen LogP) is 1.37. The van der Waals surface area contributed by atoms with Crippen molar-refractivity contribution in [2.75, 3.05) is 25.5 Å². The number of methoxy groups -OCH3 is 1. The Hall–Kier alpha value is -2.28. The predicted molar refractivity (Wildman–Crippen MR) is 94.7 cm³/mol. The molecule has 2 N–H and O–H groups in total. The number of amides is 3. The third-order valence-corrected chi connectivity index (χ3v) is 3.93. The van der Waals surface area contributed by atoms with Gasteiger partial charge in [0.25, 0.3) is 0 Å². The maximum Gasteiger partial charge on any atom is 0.243 e. The van der Waals surface area contributed by atoms with Gasteiger partial charge < -0.3 is 20.3 Å². The van der Waals surface area contributed by atoms with Crippen molar-refractivity contribution in [2.24, 2.45) is 0 Å². The van der Waals surface area contributed by atoms with Gasteiger partial charge in [0.1, 0.15) is 11.1 Å². The first-order chi connectivity index (χ1) is 11.9. The molecule has 2 rings (SSSR count).